The summed E-state index contributed by atoms with van der Waals surface area (Å²) in [6.07, 6.45) is 1.62. The minimum atomic E-state index is -0.344. The average Bonchev–Trinajstić information content (AvgIpc) is 2.05. The number of aliphatic hydroxyl groups is 1. The summed E-state index contributed by atoms with van der Waals surface area (Å²) in [5, 5.41) is 9.38. The highest BCUT2D eigenvalue weighted by molar-refractivity contribution is 5.79. The number of piperidine rings is 1. The number of Topliss-reactive ketones (excluding diaryl/α,β-unsaturated/α-hetero) is 1. The number of carbonyl (C=O) groups excluding carboxylic acids is 1. The zero-order chi connectivity index (χ0) is 8.27. The van der Waals surface area contributed by atoms with E-state index in [0.717, 1.165) is 19.5 Å². The van der Waals surface area contributed by atoms with Crippen LogP contribution >= 0.6 is 0 Å². The van der Waals surface area contributed by atoms with Gasteiger partial charge in [-0.05, 0) is 6.42 Å². The third-order valence-electron chi connectivity index (χ3n) is 2.14. The molecule has 1 fully saturated rings. The first-order valence-corrected chi connectivity index (χ1v) is 4.18. The van der Waals surface area contributed by atoms with Gasteiger partial charge in [0.1, 0.15) is 12.0 Å². The maximum absolute atomic E-state index is 10.8. The van der Waals surface area contributed by atoms with Crippen molar-refractivity contribution in [3.05, 3.63) is 0 Å². The fourth-order valence-electron chi connectivity index (χ4n) is 1.33. The molecule has 3 nitrogen and oxygen atoms in total. The molecular weight excluding hydrogens is 142 g/mol. The van der Waals surface area contributed by atoms with Gasteiger partial charge in [0.05, 0.1) is 0 Å². The van der Waals surface area contributed by atoms with E-state index < -0.39 is 0 Å². The molecule has 3 heteroatoms. The first kappa shape index (κ1) is 8.68. The largest absolute Gasteiger partial charge is 0.378 e. The Labute approximate surface area is 67.0 Å². The summed E-state index contributed by atoms with van der Waals surface area (Å²) in [6.45, 7) is 3.41. The zero-order valence-corrected chi connectivity index (χ0v) is 6.92. The van der Waals surface area contributed by atoms with Crippen molar-refractivity contribution in [2.75, 3.05) is 13.1 Å². The Morgan fingerprint density at radius 1 is 1.55 bits per heavy atom. The van der Waals surface area contributed by atoms with Crippen molar-refractivity contribution in [1.82, 2.24) is 4.90 Å². The van der Waals surface area contributed by atoms with E-state index in [4.69, 9.17) is 0 Å². The topological polar surface area (TPSA) is 40.5 Å². The van der Waals surface area contributed by atoms with Gasteiger partial charge < -0.3 is 5.11 Å². The van der Waals surface area contributed by atoms with Crippen LogP contribution in [0, 0.1) is 0 Å². The van der Waals surface area contributed by atoms with Crippen LogP contribution in [0.15, 0.2) is 0 Å². The molecule has 1 heterocycles. The third-order valence-corrected chi connectivity index (χ3v) is 2.14. The van der Waals surface area contributed by atoms with Crippen molar-refractivity contribution in [2.45, 2.75) is 32.4 Å². The third kappa shape index (κ3) is 2.27. The lowest BCUT2D eigenvalue weighted by Crippen LogP contribution is -2.41. The Kier molecular flexibility index (Phi) is 3.02. The number of rotatable bonds is 2. The SMILES string of the molecule is CCC(O)N1CCC(=O)CC1. The fraction of sp³-hybridized carbons (Fsp3) is 0.875. The van der Waals surface area contributed by atoms with Crippen molar-refractivity contribution >= 4 is 5.78 Å². The second kappa shape index (κ2) is 3.83. The molecule has 11 heavy (non-hydrogen) atoms. The van der Waals surface area contributed by atoms with Crippen LogP contribution in [0.3, 0.4) is 0 Å². The van der Waals surface area contributed by atoms with Crippen molar-refractivity contribution in [2.24, 2.45) is 0 Å². The normalized spacial score (nSPS) is 23.6. The maximum Gasteiger partial charge on any atom is 0.135 e. The summed E-state index contributed by atoms with van der Waals surface area (Å²) >= 11 is 0. The molecule has 0 aromatic carbocycles. The Balaban J connectivity index is 2.32. The summed E-state index contributed by atoms with van der Waals surface area (Å²) < 4.78 is 0. The van der Waals surface area contributed by atoms with Gasteiger partial charge in [0.25, 0.3) is 0 Å². The number of carbonyl (C=O) groups is 1. The molecule has 1 atom stereocenters. The summed E-state index contributed by atoms with van der Waals surface area (Å²) in [5.41, 5.74) is 0. The number of nitrogens with zero attached hydrogens (tertiary/aromatic N) is 1. The summed E-state index contributed by atoms with van der Waals surface area (Å²) in [5.74, 6) is 0.324. The van der Waals surface area contributed by atoms with Crippen LogP contribution in [0.5, 0.6) is 0 Å². The van der Waals surface area contributed by atoms with Gasteiger partial charge in [-0.2, -0.15) is 0 Å². The summed E-state index contributed by atoms with van der Waals surface area (Å²) in [4.78, 5) is 12.8. The van der Waals surface area contributed by atoms with Gasteiger partial charge in [0, 0.05) is 25.9 Å². The lowest BCUT2D eigenvalue weighted by molar-refractivity contribution is -0.124. The molecule has 1 N–H and O–H groups in total. The van der Waals surface area contributed by atoms with E-state index in [0.29, 0.717) is 18.6 Å². The van der Waals surface area contributed by atoms with Crippen LogP contribution in [0.2, 0.25) is 0 Å². The van der Waals surface area contributed by atoms with E-state index in [1.54, 1.807) is 0 Å². The van der Waals surface area contributed by atoms with Crippen LogP contribution in [-0.2, 0) is 4.79 Å². The quantitative estimate of drug-likeness (QED) is 0.630. The van der Waals surface area contributed by atoms with E-state index in [1.807, 2.05) is 11.8 Å². The minimum absolute atomic E-state index is 0.324. The molecule has 64 valence electrons. The number of likely N-dealkylation sites (tertiary alicyclic amines) is 1. The molecule has 0 aromatic heterocycles. The van der Waals surface area contributed by atoms with Gasteiger partial charge >= 0.3 is 0 Å². The molecule has 1 aliphatic heterocycles. The highest BCUT2D eigenvalue weighted by Gasteiger charge is 2.20. The molecule has 1 saturated heterocycles. The minimum Gasteiger partial charge on any atom is -0.378 e. The smallest absolute Gasteiger partial charge is 0.135 e. The second-order valence-electron chi connectivity index (χ2n) is 2.96. The standard InChI is InChI=1S/C8H15NO2/c1-2-8(11)9-5-3-7(10)4-6-9/h8,11H,2-6H2,1H3. The van der Waals surface area contributed by atoms with E-state index in [1.165, 1.54) is 0 Å². The number of hydrogen-bond donors (Lipinski definition) is 1. The predicted molar refractivity (Wildman–Crippen MR) is 42.1 cm³/mol. The number of ketones is 1. The second-order valence-corrected chi connectivity index (χ2v) is 2.96. The highest BCUT2D eigenvalue weighted by Crippen LogP contribution is 2.09. The van der Waals surface area contributed by atoms with Gasteiger partial charge in [-0.25, -0.2) is 0 Å². The fourth-order valence-corrected chi connectivity index (χ4v) is 1.33. The average molecular weight is 157 g/mol. The van der Waals surface area contributed by atoms with Crippen LogP contribution in [0.25, 0.3) is 0 Å². The Morgan fingerprint density at radius 3 is 2.55 bits per heavy atom. The monoisotopic (exact) mass is 157 g/mol. The first-order chi connectivity index (χ1) is 5.24. The van der Waals surface area contributed by atoms with E-state index in [-0.39, 0.29) is 6.23 Å². The first-order valence-electron chi connectivity index (χ1n) is 4.18. The van der Waals surface area contributed by atoms with Crippen LogP contribution < -0.4 is 0 Å². The van der Waals surface area contributed by atoms with Crippen LogP contribution in [-0.4, -0.2) is 35.1 Å². The van der Waals surface area contributed by atoms with Gasteiger partial charge in [-0.15, -0.1) is 0 Å². The van der Waals surface area contributed by atoms with Gasteiger partial charge in [0.2, 0.25) is 0 Å². The molecule has 0 aromatic rings. The summed E-state index contributed by atoms with van der Waals surface area (Å²) in [6, 6.07) is 0. The Hall–Kier alpha value is -0.410. The van der Waals surface area contributed by atoms with E-state index in [2.05, 4.69) is 0 Å². The van der Waals surface area contributed by atoms with E-state index in [9.17, 15) is 9.90 Å². The lowest BCUT2D eigenvalue weighted by Gasteiger charge is -2.29. The number of aliphatic hydroxyl groups excluding tert-OH is 1. The van der Waals surface area contributed by atoms with E-state index >= 15 is 0 Å². The van der Waals surface area contributed by atoms with Crippen molar-refractivity contribution in [1.29, 1.82) is 0 Å². The molecule has 0 amide bonds. The predicted octanol–water partition coefficient (Wildman–Crippen LogP) is 0.380. The Morgan fingerprint density at radius 2 is 2.09 bits per heavy atom. The lowest BCUT2D eigenvalue weighted by atomic mass is 10.1. The molecule has 1 rings (SSSR count). The van der Waals surface area contributed by atoms with Crippen LogP contribution in [0.1, 0.15) is 26.2 Å². The maximum atomic E-state index is 10.8. The van der Waals surface area contributed by atoms with Crippen molar-refractivity contribution < 1.29 is 9.90 Å². The Bertz CT molecular complexity index is 137. The molecule has 0 bridgehead atoms. The van der Waals surface area contributed by atoms with Crippen molar-refractivity contribution in [3.63, 3.8) is 0 Å². The molecule has 0 saturated carbocycles. The molecule has 1 unspecified atom stereocenters. The summed E-state index contributed by atoms with van der Waals surface area (Å²) in [7, 11) is 0. The molecule has 0 spiro atoms. The van der Waals surface area contributed by atoms with Gasteiger partial charge in [0.15, 0.2) is 0 Å². The molecule has 0 radical (unpaired) electrons. The highest BCUT2D eigenvalue weighted by atomic mass is 16.3. The van der Waals surface area contributed by atoms with Crippen molar-refractivity contribution in [3.8, 4) is 0 Å². The molecular formula is C8H15NO2. The number of hydrogen-bond acceptors (Lipinski definition) is 3. The zero-order valence-electron chi connectivity index (χ0n) is 6.92. The molecule has 1 aliphatic rings. The van der Waals surface area contributed by atoms with Gasteiger partial charge in [-0.1, -0.05) is 6.92 Å². The molecule has 0 aliphatic carbocycles. The van der Waals surface area contributed by atoms with Crippen LogP contribution in [0.4, 0.5) is 0 Å². The van der Waals surface area contributed by atoms with Gasteiger partial charge in [-0.3, -0.25) is 9.69 Å².